The topological polar surface area (TPSA) is 34.1 Å². The van der Waals surface area contributed by atoms with Crippen molar-refractivity contribution >= 4 is 21.4 Å². The number of alkyl halides is 1. The van der Waals surface area contributed by atoms with E-state index in [1.807, 2.05) is 0 Å². The zero-order chi connectivity index (χ0) is 11.7. The lowest BCUT2D eigenvalue weighted by atomic mass is 10.2. The number of hydrogen-bond donors (Lipinski definition) is 0. The lowest BCUT2D eigenvalue weighted by Gasteiger charge is -2.19. The van der Waals surface area contributed by atoms with Crippen molar-refractivity contribution in [2.75, 3.05) is 5.75 Å². The number of sulfone groups is 1. The van der Waals surface area contributed by atoms with Gasteiger partial charge in [-0.15, -0.1) is 11.6 Å². The molecule has 0 saturated heterocycles. The maximum absolute atomic E-state index is 11.8. The maximum Gasteiger partial charge on any atom is 0.155 e. The molecule has 1 saturated carbocycles. The van der Waals surface area contributed by atoms with Crippen LogP contribution in [0.25, 0.3) is 0 Å². The summed E-state index contributed by atoms with van der Waals surface area (Å²) in [5.74, 6) is 0.927. The van der Waals surface area contributed by atoms with Gasteiger partial charge in [-0.25, -0.2) is 8.42 Å². The van der Waals surface area contributed by atoms with Crippen LogP contribution >= 0.6 is 11.6 Å². The van der Waals surface area contributed by atoms with Crippen LogP contribution in [0.5, 0.6) is 0 Å². The van der Waals surface area contributed by atoms with Crippen molar-refractivity contribution in [3.63, 3.8) is 0 Å². The molecule has 1 aliphatic rings. The van der Waals surface area contributed by atoms with Gasteiger partial charge in [0.2, 0.25) is 0 Å². The average Bonchev–Trinajstić information content (AvgIpc) is 2.83. The summed E-state index contributed by atoms with van der Waals surface area (Å²) in [6.07, 6.45) is 3.98. The standard InChI is InChI=1S/C11H21ClO2S/c1-11(2,3)15(13,14)8-4-5-10(12)9-6-7-9/h9-10H,4-8H2,1-3H3. The van der Waals surface area contributed by atoms with Crippen molar-refractivity contribution < 1.29 is 8.42 Å². The van der Waals surface area contributed by atoms with E-state index in [1.54, 1.807) is 20.8 Å². The fourth-order valence-electron chi connectivity index (χ4n) is 1.47. The number of halogens is 1. The quantitative estimate of drug-likeness (QED) is 0.705. The van der Waals surface area contributed by atoms with Gasteiger partial charge >= 0.3 is 0 Å². The van der Waals surface area contributed by atoms with Crippen LogP contribution in [0.2, 0.25) is 0 Å². The minimum Gasteiger partial charge on any atom is -0.228 e. The van der Waals surface area contributed by atoms with E-state index in [-0.39, 0.29) is 11.1 Å². The highest BCUT2D eigenvalue weighted by Crippen LogP contribution is 2.37. The van der Waals surface area contributed by atoms with E-state index in [1.165, 1.54) is 12.8 Å². The first-order valence-corrected chi connectivity index (χ1v) is 7.69. The molecule has 0 bridgehead atoms. The van der Waals surface area contributed by atoms with Gasteiger partial charge in [-0.1, -0.05) is 0 Å². The molecular formula is C11H21ClO2S. The van der Waals surface area contributed by atoms with Gasteiger partial charge in [-0.3, -0.25) is 0 Å². The van der Waals surface area contributed by atoms with Crippen LogP contribution in [-0.4, -0.2) is 24.3 Å². The molecule has 4 heteroatoms. The minimum absolute atomic E-state index is 0.195. The van der Waals surface area contributed by atoms with E-state index in [0.29, 0.717) is 12.3 Å². The summed E-state index contributed by atoms with van der Waals surface area (Å²) in [6.45, 7) is 5.25. The van der Waals surface area contributed by atoms with E-state index in [9.17, 15) is 8.42 Å². The molecular weight excluding hydrogens is 232 g/mol. The van der Waals surface area contributed by atoms with Crippen molar-refractivity contribution in [3.05, 3.63) is 0 Å². The highest BCUT2D eigenvalue weighted by Gasteiger charge is 2.31. The molecule has 0 aromatic carbocycles. The van der Waals surface area contributed by atoms with Crippen LogP contribution in [0.1, 0.15) is 46.5 Å². The SMILES string of the molecule is CC(C)(C)S(=O)(=O)CCCC(Cl)C1CC1. The van der Waals surface area contributed by atoms with Gasteiger partial charge < -0.3 is 0 Å². The third-order valence-corrected chi connectivity index (χ3v) is 6.23. The molecule has 0 aromatic heterocycles. The Morgan fingerprint density at radius 2 is 1.87 bits per heavy atom. The normalized spacial score (nSPS) is 20.3. The summed E-state index contributed by atoms with van der Waals surface area (Å²) in [5.41, 5.74) is 0. The van der Waals surface area contributed by atoms with E-state index < -0.39 is 14.6 Å². The Balaban J connectivity index is 2.30. The molecule has 0 spiro atoms. The Labute approximate surface area is 98.3 Å². The summed E-state index contributed by atoms with van der Waals surface area (Å²) in [7, 11) is -2.96. The van der Waals surface area contributed by atoms with Gasteiger partial charge in [0.15, 0.2) is 9.84 Å². The molecule has 0 N–H and O–H groups in total. The van der Waals surface area contributed by atoms with Gasteiger partial charge in [0.1, 0.15) is 0 Å². The zero-order valence-corrected chi connectivity index (χ0v) is 11.4. The summed E-state index contributed by atoms with van der Waals surface area (Å²) in [5, 5.41) is 0.195. The fourth-order valence-corrected chi connectivity index (χ4v) is 3.03. The first-order valence-electron chi connectivity index (χ1n) is 5.60. The number of hydrogen-bond acceptors (Lipinski definition) is 2. The van der Waals surface area contributed by atoms with Gasteiger partial charge in [0.05, 0.1) is 10.5 Å². The molecule has 0 radical (unpaired) electrons. The molecule has 1 aliphatic carbocycles. The van der Waals surface area contributed by atoms with Crippen molar-refractivity contribution in [2.45, 2.75) is 56.6 Å². The molecule has 1 fully saturated rings. The lowest BCUT2D eigenvalue weighted by Crippen LogP contribution is -2.30. The fraction of sp³-hybridized carbons (Fsp3) is 1.00. The smallest absolute Gasteiger partial charge is 0.155 e. The zero-order valence-electron chi connectivity index (χ0n) is 9.79. The molecule has 0 heterocycles. The Morgan fingerprint density at radius 3 is 2.27 bits per heavy atom. The lowest BCUT2D eigenvalue weighted by molar-refractivity contribution is 0.553. The van der Waals surface area contributed by atoms with Crippen molar-refractivity contribution in [1.82, 2.24) is 0 Å². The van der Waals surface area contributed by atoms with Crippen LogP contribution in [0.15, 0.2) is 0 Å². The Morgan fingerprint density at radius 1 is 1.33 bits per heavy atom. The Bertz CT molecular complexity index is 299. The predicted octanol–water partition coefficient (Wildman–Crippen LogP) is 3.00. The highest BCUT2D eigenvalue weighted by molar-refractivity contribution is 7.92. The highest BCUT2D eigenvalue weighted by atomic mass is 35.5. The second-order valence-corrected chi connectivity index (χ2v) is 8.85. The van der Waals surface area contributed by atoms with Crippen molar-refractivity contribution in [2.24, 2.45) is 5.92 Å². The molecule has 0 aromatic rings. The third kappa shape index (κ3) is 3.95. The molecule has 0 aliphatic heterocycles. The van der Waals surface area contributed by atoms with Crippen molar-refractivity contribution in [1.29, 1.82) is 0 Å². The van der Waals surface area contributed by atoms with E-state index in [2.05, 4.69) is 0 Å². The van der Waals surface area contributed by atoms with E-state index in [0.717, 1.165) is 6.42 Å². The molecule has 15 heavy (non-hydrogen) atoms. The van der Waals surface area contributed by atoms with Gasteiger partial charge in [0, 0.05) is 5.38 Å². The molecule has 1 unspecified atom stereocenters. The first-order chi connectivity index (χ1) is 6.74. The summed E-state index contributed by atoms with van der Waals surface area (Å²) < 4.78 is 22.9. The van der Waals surface area contributed by atoms with Crippen LogP contribution in [0.3, 0.4) is 0 Å². The van der Waals surface area contributed by atoms with Crippen LogP contribution in [0, 0.1) is 5.92 Å². The third-order valence-electron chi connectivity index (χ3n) is 2.96. The molecule has 1 rings (SSSR count). The summed E-state index contributed by atoms with van der Waals surface area (Å²) in [4.78, 5) is 0. The van der Waals surface area contributed by atoms with Crippen molar-refractivity contribution in [3.8, 4) is 0 Å². The van der Waals surface area contributed by atoms with Gasteiger partial charge in [-0.2, -0.15) is 0 Å². The van der Waals surface area contributed by atoms with Gasteiger partial charge in [-0.05, 0) is 52.4 Å². The Kier molecular flexibility index (Phi) is 4.10. The minimum atomic E-state index is -2.96. The van der Waals surface area contributed by atoms with E-state index >= 15 is 0 Å². The molecule has 0 amide bonds. The molecule has 1 atom stereocenters. The van der Waals surface area contributed by atoms with Crippen LogP contribution < -0.4 is 0 Å². The second-order valence-electron chi connectivity index (χ2n) is 5.43. The van der Waals surface area contributed by atoms with E-state index in [4.69, 9.17) is 11.6 Å². The van der Waals surface area contributed by atoms with Crippen LogP contribution in [-0.2, 0) is 9.84 Å². The first kappa shape index (κ1) is 13.3. The largest absolute Gasteiger partial charge is 0.228 e. The summed E-state index contributed by atoms with van der Waals surface area (Å²) >= 11 is 6.13. The summed E-state index contributed by atoms with van der Waals surface area (Å²) in [6, 6.07) is 0. The predicted molar refractivity (Wildman–Crippen MR) is 65.1 cm³/mol. The molecule has 90 valence electrons. The second kappa shape index (κ2) is 4.62. The van der Waals surface area contributed by atoms with Crippen LogP contribution in [0.4, 0.5) is 0 Å². The molecule has 2 nitrogen and oxygen atoms in total. The van der Waals surface area contributed by atoms with Gasteiger partial charge in [0.25, 0.3) is 0 Å². The monoisotopic (exact) mass is 252 g/mol. The maximum atomic E-state index is 11.8. The number of rotatable bonds is 5. The Hall–Kier alpha value is 0.240. The average molecular weight is 253 g/mol.